The highest BCUT2D eigenvalue weighted by molar-refractivity contribution is 5.78. The maximum absolute atomic E-state index is 3.30. The predicted octanol–water partition coefficient (Wildman–Crippen LogP) is 0.937. The Morgan fingerprint density at radius 1 is 0.667 bits per heavy atom. The van der Waals surface area contributed by atoms with Gasteiger partial charge in [-0.1, -0.05) is 18.2 Å². The fourth-order valence-corrected chi connectivity index (χ4v) is 1.90. The van der Waals surface area contributed by atoms with E-state index in [-0.39, 0.29) is 0 Å². The van der Waals surface area contributed by atoms with Crippen molar-refractivity contribution in [1.29, 1.82) is 0 Å². The first-order chi connectivity index (χ1) is 8.97. The molecular weight excluding hydrogens is 224 g/mol. The molecule has 4 N–H and O–H groups in total. The first-order valence-corrected chi connectivity index (χ1v) is 6.61. The smallest absolute Gasteiger partial charge is 0.0453 e. The maximum Gasteiger partial charge on any atom is 0.0453 e. The van der Waals surface area contributed by atoms with E-state index in [1.165, 1.54) is 10.9 Å². The average Bonchev–Trinajstić information content (AvgIpc) is 2.93. The number of nitrogens with one attached hydrogen (secondary N) is 4. The van der Waals surface area contributed by atoms with Gasteiger partial charge in [-0.2, -0.15) is 0 Å². The Kier molecular flexibility index (Phi) is 5.72. The summed E-state index contributed by atoms with van der Waals surface area (Å²) in [5.74, 6) is 0. The van der Waals surface area contributed by atoms with Crippen LogP contribution in [0, 0.1) is 0 Å². The molecule has 4 nitrogen and oxygen atoms in total. The molecular formula is C14H22N4. The lowest BCUT2D eigenvalue weighted by molar-refractivity contribution is 0.652. The Morgan fingerprint density at radius 2 is 1.22 bits per heavy atom. The van der Waals surface area contributed by atoms with E-state index in [2.05, 4.69) is 39.1 Å². The van der Waals surface area contributed by atoms with Crippen molar-refractivity contribution in [2.45, 2.75) is 0 Å². The molecule has 0 unspecified atom stereocenters. The fourth-order valence-electron chi connectivity index (χ4n) is 1.90. The van der Waals surface area contributed by atoms with Crippen molar-refractivity contribution in [3.05, 3.63) is 36.5 Å². The second-order valence-corrected chi connectivity index (χ2v) is 4.31. The van der Waals surface area contributed by atoms with Gasteiger partial charge < -0.3 is 20.9 Å². The number of aromatic nitrogens is 1. The summed E-state index contributed by atoms with van der Waals surface area (Å²) in [6, 6.07) is 10.3. The number of fused-ring (bicyclic) bond motifs is 1. The zero-order chi connectivity index (χ0) is 12.5. The number of benzene rings is 1. The minimum atomic E-state index is 1.10. The van der Waals surface area contributed by atoms with Gasteiger partial charge in [-0.25, -0.2) is 0 Å². The van der Waals surface area contributed by atoms with Crippen molar-refractivity contribution in [2.75, 3.05) is 39.3 Å². The van der Waals surface area contributed by atoms with Gasteiger partial charge in [0.1, 0.15) is 0 Å². The van der Waals surface area contributed by atoms with Crippen molar-refractivity contribution in [1.82, 2.24) is 20.9 Å². The molecule has 1 aromatic carbocycles. The van der Waals surface area contributed by atoms with Crippen LogP contribution in [0.3, 0.4) is 0 Å². The van der Waals surface area contributed by atoms with Crippen LogP contribution in [0.5, 0.6) is 0 Å². The third-order valence-electron chi connectivity index (χ3n) is 2.90. The summed E-state index contributed by atoms with van der Waals surface area (Å²) in [7, 11) is 0. The van der Waals surface area contributed by atoms with Crippen LogP contribution in [-0.4, -0.2) is 44.3 Å². The SMILES string of the molecule is C1CNCCNCCN1.c1ccc2[nH]ccc2c1. The number of rotatable bonds is 0. The zero-order valence-corrected chi connectivity index (χ0v) is 10.7. The van der Waals surface area contributed by atoms with Crippen LogP contribution < -0.4 is 16.0 Å². The van der Waals surface area contributed by atoms with E-state index in [1.54, 1.807) is 0 Å². The highest BCUT2D eigenvalue weighted by Crippen LogP contribution is 2.09. The Hall–Kier alpha value is -1.36. The van der Waals surface area contributed by atoms with Gasteiger partial charge >= 0.3 is 0 Å². The van der Waals surface area contributed by atoms with Crippen LogP contribution >= 0.6 is 0 Å². The van der Waals surface area contributed by atoms with Gasteiger partial charge in [-0.05, 0) is 17.5 Å². The minimum Gasteiger partial charge on any atom is -0.361 e. The molecule has 2 heterocycles. The molecule has 0 amide bonds. The van der Waals surface area contributed by atoms with Crippen LogP contribution in [0.4, 0.5) is 0 Å². The third kappa shape index (κ3) is 4.49. The fraction of sp³-hybridized carbons (Fsp3) is 0.429. The molecule has 1 aliphatic heterocycles. The Balaban J connectivity index is 0.000000134. The van der Waals surface area contributed by atoms with Gasteiger partial charge in [-0.15, -0.1) is 0 Å². The molecule has 0 atom stereocenters. The standard InChI is InChI=1S/C8H7N.C6H15N3/c1-2-4-8-7(3-1)5-6-9-8;1-2-8-5-6-9-4-3-7-1/h1-6,9H;7-9H,1-6H2. The first kappa shape index (κ1) is 13.1. The van der Waals surface area contributed by atoms with E-state index in [9.17, 15) is 0 Å². The number of hydrogen-bond donors (Lipinski definition) is 4. The predicted molar refractivity (Wildman–Crippen MR) is 76.9 cm³/mol. The summed E-state index contributed by atoms with van der Waals surface area (Å²) in [6.07, 6.45) is 1.95. The molecule has 98 valence electrons. The lowest BCUT2D eigenvalue weighted by atomic mass is 10.3. The molecule has 4 heteroatoms. The zero-order valence-electron chi connectivity index (χ0n) is 10.7. The molecule has 0 spiro atoms. The van der Waals surface area contributed by atoms with Gasteiger partial charge in [0.15, 0.2) is 0 Å². The van der Waals surface area contributed by atoms with Gasteiger partial charge in [0.05, 0.1) is 0 Å². The first-order valence-electron chi connectivity index (χ1n) is 6.61. The summed E-state index contributed by atoms with van der Waals surface area (Å²) in [5, 5.41) is 11.2. The van der Waals surface area contributed by atoms with Crippen molar-refractivity contribution < 1.29 is 0 Å². The summed E-state index contributed by atoms with van der Waals surface area (Å²) in [4.78, 5) is 3.12. The normalized spacial score (nSPS) is 17.1. The van der Waals surface area contributed by atoms with Crippen LogP contribution in [0.15, 0.2) is 36.5 Å². The van der Waals surface area contributed by atoms with Crippen molar-refractivity contribution >= 4 is 10.9 Å². The minimum absolute atomic E-state index is 1.10. The molecule has 0 bridgehead atoms. The molecule has 1 aliphatic rings. The van der Waals surface area contributed by atoms with E-state index >= 15 is 0 Å². The number of para-hydroxylation sites is 1. The monoisotopic (exact) mass is 246 g/mol. The molecule has 18 heavy (non-hydrogen) atoms. The molecule has 1 aromatic heterocycles. The molecule has 0 radical (unpaired) electrons. The summed E-state index contributed by atoms with van der Waals surface area (Å²) < 4.78 is 0. The molecule has 1 fully saturated rings. The van der Waals surface area contributed by atoms with Crippen LogP contribution in [0.25, 0.3) is 10.9 Å². The largest absolute Gasteiger partial charge is 0.361 e. The highest BCUT2D eigenvalue weighted by atomic mass is 15.0. The van der Waals surface area contributed by atoms with E-state index in [0.717, 1.165) is 39.3 Å². The van der Waals surface area contributed by atoms with Crippen LogP contribution in [-0.2, 0) is 0 Å². The molecule has 0 aliphatic carbocycles. The van der Waals surface area contributed by atoms with Crippen molar-refractivity contribution in [2.24, 2.45) is 0 Å². The van der Waals surface area contributed by atoms with Crippen molar-refractivity contribution in [3.8, 4) is 0 Å². The number of H-pyrrole nitrogens is 1. The van der Waals surface area contributed by atoms with Gasteiger partial charge in [0.2, 0.25) is 0 Å². The molecule has 1 saturated heterocycles. The van der Waals surface area contributed by atoms with Crippen molar-refractivity contribution in [3.63, 3.8) is 0 Å². The number of hydrogen-bond acceptors (Lipinski definition) is 3. The van der Waals surface area contributed by atoms with Crippen LogP contribution in [0.2, 0.25) is 0 Å². The highest BCUT2D eigenvalue weighted by Gasteiger charge is 1.92. The second kappa shape index (κ2) is 7.87. The lowest BCUT2D eigenvalue weighted by Crippen LogP contribution is -2.27. The van der Waals surface area contributed by atoms with Gasteiger partial charge in [0, 0.05) is 51.0 Å². The van der Waals surface area contributed by atoms with E-state index in [0.29, 0.717) is 0 Å². The topological polar surface area (TPSA) is 51.9 Å². The Labute approximate surface area is 108 Å². The summed E-state index contributed by atoms with van der Waals surface area (Å²) in [5.41, 5.74) is 1.21. The molecule has 3 rings (SSSR count). The Morgan fingerprint density at radius 3 is 1.78 bits per heavy atom. The average molecular weight is 246 g/mol. The summed E-state index contributed by atoms with van der Waals surface area (Å²) >= 11 is 0. The molecule has 2 aromatic rings. The van der Waals surface area contributed by atoms with E-state index in [4.69, 9.17) is 0 Å². The quantitative estimate of drug-likeness (QED) is 0.559. The number of aromatic amines is 1. The third-order valence-corrected chi connectivity index (χ3v) is 2.90. The van der Waals surface area contributed by atoms with E-state index in [1.807, 2.05) is 18.3 Å². The summed E-state index contributed by atoms with van der Waals surface area (Å²) in [6.45, 7) is 6.59. The van der Waals surface area contributed by atoms with Gasteiger partial charge in [-0.3, -0.25) is 0 Å². The second-order valence-electron chi connectivity index (χ2n) is 4.31. The van der Waals surface area contributed by atoms with Crippen LogP contribution in [0.1, 0.15) is 0 Å². The lowest BCUT2D eigenvalue weighted by Gasteiger charge is -1.99. The van der Waals surface area contributed by atoms with E-state index < -0.39 is 0 Å². The Bertz CT molecular complexity index is 379. The molecule has 0 saturated carbocycles. The maximum atomic E-state index is 3.30. The van der Waals surface area contributed by atoms with Gasteiger partial charge in [0.25, 0.3) is 0 Å².